The monoisotopic (exact) mass is 260 g/mol. The van der Waals surface area contributed by atoms with Crippen molar-refractivity contribution in [3.8, 4) is 0 Å². The summed E-state index contributed by atoms with van der Waals surface area (Å²) in [6.07, 6.45) is 2.06. The van der Waals surface area contributed by atoms with Gasteiger partial charge in [-0.05, 0) is 33.8 Å². The summed E-state index contributed by atoms with van der Waals surface area (Å²) in [5, 5.41) is 8.55. The van der Waals surface area contributed by atoms with Crippen molar-refractivity contribution in [3.63, 3.8) is 0 Å². The molecule has 0 saturated heterocycles. The number of aromatic nitrogens is 4. The summed E-state index contributed by atoms with van der Waals surface area (Å²) in [5.41, 5.74) is 3.65. The van der Waals surface area contributed by atoms with Gasteiger partial charge in [0.1, 0.15) is 5.69 Å². The van der Waals surface area contributed by atoms with Crippen molar-refractivity contribution in [2.24, 2.45) is 7.05 Å². The van der Waals surface area contributed by atoms with Crippen LogP contribution in [-0.4, -0.2) is 25.3 Å². The van der Waals surface area contributed by atoms with Crippen LogP contribution in [0.25, 0.3) is 0 Å². The molecule has 0 aliphatic heterocycles. The Kier molecular flexibility index (Phi) is 3.55. The topological polar surface area (TPSA) is 52.7 Å². The quantitative estimate of drug-likeness (QED) is 0.792. The normalized spacial score (nSPS) is 11.3. The molecule has 19 heavy (non-hydrogen) atoms. The molecule has 2 aromatic rings. The summed E-state index contributed by atoms with van der Waals surface area (Å²) >= 11 is 0. The van der Waals surface area contributed by atoms with Crippen molar-refractivity contribution < 1.29 is 4.79 Å². The largest absolute Gasteiger partial charge is 0.292 e. The Bertz CT molecular complexity index is 607. The highest BCUT2D eigenvalue weighted by Crippen LogP contribution is 2.16. The Morgan fingerprint density at radius 3 is 2.58 bits per heavy atom. The van der Waals surface area contributed by atoms with Crippen LogP contribution < -0.4 is 0 Å². The first kappa shape index (κ1) is 13.5. The number of carbonyl (C=O) groups is 1. The fraction of sp³-hybridized carbons (Fsp3) is 0.500. The summed E-state index contributed by atoms with van der Waals surface area (Å²) in [4.78, 5) is 12.4. The van der Waals surface area contributed by atoms with Crippen LogP contribution in [0.5, 0.6) is 0 Å². The number of carbonyl (C=O) groups excluding carboxylic acids is 1. The lowest BCUT2D eigenvalue weighted by molar-refractivity contribution is 0.0980. The third-order valence-electron chi connectivity index (χ3n) is 3.44. The average molecular weight is 260 g/mol. The minimum atomic E-state index is 0.0883. The molecule has 0 N–H and O–H groups in total. The van der Waals surface area contributed by atoms with E-state index < -0.39 is 0 Å². The number of nitrogens with zero attached hydrogens (tertiary/aromatic N) is 4. The number of hydrogen-bond acceptors (Lipinski definition) is 3. The molecule has 0 fully saturated rings. The Morgan fingerprint density at radius 1 is 1.37 bits per heavy atom. The van der Waals surface area contributed by atoms with Crippen LogP contribution in [0.2, 0.25) is 0 Å². The zero-order chi connectivity index (χ0) is 14.2. The summed E-state index contributed by atoms with van der Waals surface area (Å²) in [5.74, 6) is 0.0883. The van der Waals surface area contributed by atoms with Gasteiger partial charge in [-0.15, -0.1) is 0 Å². The van der Waals surface area contributed by atoms with Crippen LogP contribution in [0.3, 0.4) is 0 Å². The zero-order valence-corrected chi connectivity index (χ0v) is 12.1. The fourth-order valence-corrected chi connectivity index (χ4v) is 2.27. The van der Waals surface area contributed by atoms with E-state index in [2.05, 4.69) is 10.2 Å². The summed E-state index contributed by atoms with van der Waals surface area (Å²) < 4.78 is 3.58. The van der Waals surface area contributed by atoms with Crippen molar-refractivity contribution in [1.82, 2.24) is 19.6 Å². The second-order valence-electron chi connectivity index (χ2n) is 5.13. The van der Waals surface area contributed by atoms with Crippen molar-refractivity contribution in [2.75, 3.05) is 0 Å². The van der Waals surface area contributed by atoms with Crippen LogP contribution >= 0.6 is 0 Å². The van der Waals surface area contributed by atoms with Gasteiger partial charge in [0.05, 0.1) is 5.69 Å². The van der Waals surface area contributed by atoms with Crippen LogP contribution in [-0.2, 0) is 13.5 Å². The first-order valence-electron chi connectivity index (χ1n) is 6.47. The fourth-order valence-electron chi connectivity index (χ4n) is 2.27. The number of ketones is 1. The van der Waals surface area contributed by atoms with Crippen LogP contribution in [0, 0.1) is 13.8 Å². The number of aryl methyl sites for hydroxylation is 2. The highest BCUT2D eigenvalue weighted by atomic mass is 16.1. The SMILES string of the molecule is Cc1nn(C)c(C)c1CC(=O)c1ccnn1C(C)C. The van der Waals surface area contributed by atoms with Gasteiger partial charge in [-0.2, -0.15) is 10.2 Å². The third-order valence-corrected chi connectivity index (χ3v) is 3.44. The van der Waals surface area contributed by atoms with Crippen molar-refractivity contribution >= 4 is 5.78 Å². The van der Waals surface area contributed by atoms with E-state index in [1.807, 2.05) is 39.4 Å². The Hall–Kier alpha value is -1.91. The second-order valence-corrected chi connectivity index (χ2v) is 5.13. The molecule has 0 amide bonds. The van der Waals surface area contributed by atoms with Gasteiger partial charge in [0.15, 0.2) is 5.78 Å². The summed E-state index contributed by atoms with van der Waals surface area (Å²) in [6, 6.07) is 1.97. The zero-order valence-electron chi connectivity index (χ0n) is 12.1. The Morgan fingerprint density at radius 2 is 2.05 bits per heavy atom. The molecule has 102 valence electrons. The maximum Gasteiger partial charge on any atom is 0.185 e. The Balaban J connectivity index is 2.28. The Labute approximate surface area is 113 Å². The maximum atomic E-state index is 12.4. The van der Waals surface area contributed by atoms with Gasteiger partial charge >= 0.3 is 0 Å². The average Bonchev–Trinajstić information content (AvgIpc) is 2.90. The smallest absolute Gasteiger partial charge is 0.185 e. The first-order valence-corrected chi connectivity index (χ1v) is 6.47. The highest BCUT2D eigenvalue weighted by Gasteiger charge is 2.18. The predicted octanol–water partition coefficient (Wildman–Crippen LogP) is 2.24. The highest BCUT2D eigenvalue weighted by molar-refractivity contribution is 5.96. The lowest BCUT2D eigenvalue weighted by Gasteiger charge is -2.10. The molecular formula is C14H20N4O. The van der Waals surface area contributed by atoms with E-state index in [1.54, 1.807) is 16.9 Å². The molecule has 2 heterocycles. The van der Waals surface area contributed by atoms with Crippen LogP contribution in [0.1, 0.15) is 47.3 Å². The first-order chi connectivity index (χ1) is 8.91. The molecule has 0 aromatic carbocycles. The molecule has 0 unspecified atom stereocenters. The molecule has 2 rings (SSSR count). The molecular weight excluding hydrogens is 240 g/mol. The summed E-state index contributed by atoms with van der Waals surface area (Å²) in [6.45, 7) is 7.96. The predicted molar refractivity (Wildman–Crippen MR) is 73.3 cm³/mol. The van der Waals surface area contributed by atoms with E-state index >= 15 is 0 Å². The number of Topliss-reactive ketones (excluding diaryl/α,β-unsaturated/α-hetero) is 1. The van der Waals surface area contributed by atoms with Gasteiger partial charge in [-0.25, -0.2) is 0 Å². The van der Waals surface area contributed by atoms with Gasteiger partial charge in [-0.1, -0.05) is 0 Å². The standard InChI is InChI=1S/C14H20N4O/c1-9(2)18-13(6-7-15-18)14(19)8-12-10(3)16-17(5)11(12)4/h6-7,9H,8H2,1-5H3. The van der Waals surface area contributed by atoms with E-state index in [-0.39, 0.29) is 11.8 Å². The van der Waals surface area contributed by atoms with Crippen molar-refractivity contribution in [1.29, 1.82) is 0 Å². The molecule has 0 atom stereocenters. The molecule has 0 aliphatic rings. The van der Waals surface area contributed by atoms with E-state index in [4.69, 9.17) is 0 Å². The maximum absolute atomic E-state index is 12.4. The molecule has 5 nitrogen and oxygen atoms in total. The molecule has 0 spiro atoms. The second kappa shape index (κ2) is 4.99. The van der Waals surface area contributed by atoms with E-state index in [9.17, 15) is 4.79 Å². The van der Waals surface area contributed by atoms with Gasteiger partial charge in [-0.3, -0.25) is 14.2 Å². The number of hydrogen-bond donors (Lipinski definition) is 0. The summed E-state index contributed by atoms with van der Waals surface area (Å²) in [7, 11) is 1.90. The number of rotatable bonds is 4. The minimum absolute atomic E-state index is 0.0883. The van der Waals surface area contributed by atoms with Gasteiger partial charge in [0.25, 0.3) is 0 Å². The van der Waals surface area contributed by atoms with Crippen molar-refractivity contribution in [2.45, 2.75) is 40.2 Å². The molecule has 0 bridgehead atoms. The molecule has 0 saturated carbocycles. The van der Waals surface area contributed by atoms with Crippen molar-refractivity contribution in [3.05, 3.63) is 34.9 Å². The van der Waals surface area contributed by atoms with E-state index in [0.29, 0.717) is 12.1 Å². The van der Waals surface area contributed by atoms with Gasteiger partial charge in [0.2, 0.25) is 0 Å². The van der Waals surface area contributed by atoms with Gasteiger partial charge < -0.3 is 0 Å². The third kappa shape index (κ3) is 2.45. The molecule has 5 heteroatoms. The molecule has 0 radical (unpaired) electrons. The molecule has 0 aliphatic carbocycles. The lowest BCUT2D eigenvalue weighted by atomic mass is 10.1. The minimum Gasteiger partial charge on any atom is -0.292 e. The van der Waals surface area contributed by atoms with E-state index in [1.165, 1.54) is 0 Å². The van der Waals surface area contributed by atoms with Gasteiger partial charge in [0, 0.05) is 37.0 Å². The van der Waals surface area contributed by atoms with Crippen LogP contribution in [0.15, 0.2) is 12.3 Å². The molecule has 2 aromatic heterocycles. The lowest BCUT2D eigenvalue weighted by Crippen LogP contribution is -2.14. The van der Waals surface area contributed by atoms with Crippen LogP contribution in [0.4, 0.5) is 0 Å². The van der Waals surface area contributed by atoms with E-state index in [0.717, 1.165) is 17.0 Å².